The van der Waals surface area contributed by atoms with E-state index in [1.165, 1.54) is 13.2 Å². The van der Waals surface area contributed by atoms with Crippen LogP contribution in [0.1, 0.15) is 16.8 Å². The van der Waals surface area contributed by atoms with Crippen molar-refractivity contribution >= 4 is 46.6 Å². The van der Waals surface area contributed by atoms with E-state index < -0.39 is 0 Å². The van der Waals surface area contributed by atoms with Gasteiger partial charge in [0.15, 0.2) is 5.11 Å². The number of amides is 1. The van der Waals surface area contributed by atoms with Crippen molar-refractivity contribution in [2.75, 3.05) is 25.7 Å². The van der Waals surface area contributed by atoms with E-state index in [1.54, 1.807) is 23.9 Å². The van der Waals surface area contributed by atoms with E-state index >= 15 is 0 Å². The molecular formula is C13H18ClN3O2S2. The number of benzene rings is 1. The summed E-state index contributed by atoms with van der Waals surface area (Å²) in [4.78, 5) is 12.1. The Hall–Kier alpha value is -1.18. The van der Waals surface area contributed by atoms with E-state index in [4.69, 9.17) is 28.6 Å². The highest BCUT2D eigenvalue weighted by atomic mass is 35.5. The third kappa shape index (κ3) is 6.41. The van der Waals surface area contributed by atoms with Gasteiger partial charge in [-0.1, -0.05) is 11.6 Å². The Morgan fingerprint density at radius 2 is 2.19 bits per heavy atom. The van der Waals surface area contributed by atoms with Gasteiger partial charge in [-0.15, -0.1) is 0 Å². The summed E-state index contributed by atoms with van der Waals surface area (Å²) in [5.74, 6) is 1.13. The largest absolute Gasteiger partial charge is 0.496 e. The molecule has 21 heavy (non-hydrogen) atoms. The van der Waals surface area contributed by atoms with Crippen LogP contribution < -0.4 is 20.9 Å². The molecule has 116 valence electrons. The van der Waals surface area contributed by atoms with Crippen molar-refractivity contribution in [1.82, 2.24) is 16.2 Å². The first-order chi connectivity index (χ1) is 10.1. The molecule has 0 fully saturated rings. The number of hydrogen-bond acceptors (Lipinski definition) is 4. The zero-order valence-electron chi connectivity index (χ0n) is 11.9. The van der Waals surface area contributed by atoms with Crippen molar-refractivity contribution in [1.29, 1.82) is 0 Å². The first-order valence-electron chi connectivity index (χ1n) is 6.25. The molecule has 0 aromatic heterocycles. The quantitative estimate of drug-likeness (QED) is 0.416. The standard InChI is InChI=1S/C13H18ClN3O2S2/c1-19-11-5-4-9(14)8-10(11)12(18)16-17-13(20)15-6-3-7-21-2/h4-5,8H,3,6-7H2,1-2H3,(H,16,18)(H2,15,17,20). The first kappa shape index (κ1) is 17.9. The average Bonchev–Trinajstić information content (AvgIpc) is 2.49. The van der Waals surface area contributed by atoms with Gasteiger partial charge in [0, 0.05) is 11.6 Å². The summed E-state index contributed by atoms with van der Waals surface area (Å²) in [7, 11) is 1.49. The van der Waals surface area contributed by atoms with Crippen LogP contribution >= 0.6 is 35.6 Å². The molecule has 1 rings (SSSR count). The van der Waals surface area contributed by atoms with E-state index in [0.717, 1.165) is 18.7 Å². The van der Waals surface area contributed by atoms with Crippen LogP contribution in [-0.2, 0) is 0 Å². The van der Waals surface area contributed by atoms with Crippen molar-refractivity contribution in [3.05, 3.63) is 28.8 Å². The number of carbonyl (C=O) groups excluding carboxylic acids is 1. The average molecular weight is 348 g/mol. The summed E-state index contributed by atoms with van der Waals surface area (Å²) in [5.41, 5.74) is 5.48. The summed E-state index contributed by atoms with van der Waals surface area (Å²) < 4.78 is 5.12. The lowest BCUT2D eigenvalue weighted by Gasteiger charge is -2.13. The number of rotatable bonds is 6. The molecule has 0 aliphatic carbocycles. The number of methoxy groups -OCH3 is 1. The van der Waals surface area contributed by atoms with Gasteiger partial charge < -0.3 is 10.1 Å². The third-order valence-corrected chi connectivity index (χ3v) is 3.68. The molecule has 8 heteroatoms. The monoisotopic (exact) mass is 347 g/mol. The number of hydrogen-bond donors (Lipinski definition) is 3. The fourth-order valence-corrected chi connectivity index (χ4v) is 2.26. The Labute approximate surface area is 139 Å². The summed E-state index contributed by atoms with van der Waals surface area (Å²) in [6, 6.07) is 4.82. The maximum absolute atomic E-state index is 12.1. The lowest BCUT2D eigenvalue weighted by Crippen LogP contribution is -2.47. The molecule has 0 radical (unpaired) electrons. The predicted octanol–water partition coefficient (Wildman–Crippen LogP) is 2.21. The molecule has 5 nitrogen and oxygen atoms in total. The van der Waals surface area contributed by atoms with E-state index in [9.17, 15) is 4.79 Å². The van der Waals surface area contributed by atoms with Crippen molar-refractivity contribution in [2.24, 2.45) is 0 Å². The van der Waals surface area contributed by atoms with E-state index in [1.807, 2.05) is 0 Å². The van der Waals surface area contributed by atoms with E-state index in [-0.39, 0.29) is 5.91 Å². The minimum absolute atomic E-state index is 0.336. The van der Waals surface area contributed by atoms with Crippen molar-refractivity contribution < 1.29 is 9.53 Å². The van der Waals surface area contributed by atoms with Gasteiger partial charge >= 0.3 is 0 Å². The molecular weight excluding hydrogens is 330 g/mol. The zero-order valence-corrected chi connectivity index (χ0v) is 14.3. The Morgan fingerprint density at radius 3 is 2.86 bits per heavy atom. The molecule has 0 saturated heterocycles. The highest BCUT2D eigenvalue weighted by Gasteiger charge is 2.12. The maximum Gasteiger partial charge on any atom is 0.273 e. The fourth-order valence-electron chi connectivity index (χ4n) is 1.50. The van der Waals surface area contributed by atoms with Crippen LogP contribution in [0.5, 0.6) is 5.75 Å². The number of nitrogens with one attached hydrogen (secondary N) is 3. The van der Waals surface area contributed by atoms with Gasteiger partial charge in [-0.2, -0.15) is 11.8 Å². The summed E-state index contributed by atoms with van der Waals surface area (Å²) in [5, 5.41) is 3.82. The molecule has 0 atom stereocenters. The van der Waals surface area contributed by atoms with Gasteiger partial charge in [0.1, 0.15) is 5.75 Å². The molecule has 0 saturated carbocycles. The molecule has 0 aliphatic rings. The van der Waals surface area contributed by atoms with Crippen LogP contribution in [-0.4, -0.2) is 36.7 Å². The second kappa shape index (κ2) is 9.70. The van der Waals surface area contributed by atoms with Crippen LogP contribution in [0.2, 0.25) is 5.02 Å². The molecule has 0 unspecified atom stereocenters. The van der Waals surface area contributed by atoms with Crippen molar-refractivity contribution in [3.8, 4) is 5.75 Å². The van der Waals surface area contributed by atoms with Gasteiger partial charge in [-0.25, -0.2) is 0 Å². The summed E-state index contributed by atoms with van der Waals surface area (Å²) >= 11 is 12.7. The Morgan fingerprint density at radius 1 is 1.43 bits per heavy atom. The van der Waals surface area contributed by atoms with Crippen LogP contribution in [0, 0.1) is 0 Å². The summed E-state index contributed by atoms with van der Waals surface area (Å²) in [6.07, 6.45) is 3.05. The Kier molecular flexibility index (Phi) is 8.26. The topological polar surface area (TPSA) is 62.4 Å². The Balaban J connectivity index is 2.46. The third-order valence-electron chi connectivity index (χ3n) is 2.51. The van der Waals surface area contributed by atoms with E-state index in [2.05, 4.69) is 22.4 Å². The zero-order chi connectivity index (χ0) is 15.7. The summed E-state index contributed by atoms with van der Waals surface area (Å²) in [6.45, 7) is 0.753. The highest BCUT2D eigenvalue weighted by Crippen LogP contribution is 2.22. The van der Waals surface area contributed by atoms with Gasteiger partial charge in [0.05, 0.1) is 12.7 Å². The molecule has 1 aromatic carbocycles. The van der Waals surface area contributed by atoms with Crippen LogP contribution in [0.4, 0.5) is 0 Å². The van der Waals surface area contributed by atoms with Gasteiger partial charge in [-0.3, -0.25) is 15.6 Å². The molecule has 0 aliphatic heterocycles. The number of ether oxygens (including phenoxy) is 1. The number of hydrazine groups is 1. The molecule has 1 aromatic rings. The van der Waals surface area contributed by atoms with Crippen LogP contribution in [0.25, 0.3) is 0 Å². The maximum atomic E-state index is 12.1. The first-order valence-corrected chi connectivity index (χ1v) is 8.43. The number of thioether (sulfide) groups is 1. The van der Waals surface area contributed by atoms with Gasteiger partial charge in [0.2, 0.25) is 0 Å². The van der Waals surface area contributed by atoms with Gasteiger partial charge in [-0.05, 0) is 48.8 Å². The van der Waals surface area contributed by atoms with Crippen LogP contribution in [0.15, 0.2) is 18.2 Å². The number of thiocarbonyl (C=S) groups is 1. The minimum atomic E-state index is -0.373. The molecule has 0 spiro atoms. The van der Waals surface area contributed by atoms with E-state index in [0.29, 0.717) is 21.4 Å². The smallest absolute Gasteiger partial charge is 0.273 e. The van der Waals surface area contributed by atoms with Crippen molar-refractivity contribution in [3.63, 3.8) is 0 Å². The lowest BCUT2D eigenvalue weighted by atomic mass is 10.2. The lowest BCUT2D eigenvalue weighted by molar-refractivity contribution is 0.0940. The molecule has 3 N–H and O–H groups in total. The number of halogens is 1. The predicted molar refractivity (Wildman–Crippen MR) is 92.2 cm³/mol. The second-order valence-corrected chi connectivity index (χ2v) is 5.86. The second-order valence-electron chi connectivity index (χ2n) is 4.03. The van der Waals surface area contributed by atoms with Gasteiger partial charge in [0.25, 0.3) is 5.91 Å². The van der Waals surface area contributed by atoms with Crippen LogP contribution in [0.3, 0.4) is 0 Å². The Bertz CT molecular complexity index is 500. The minimum Gasteiger partial charge on any atom is -0.496 e. The number of carbonyl (C=O) groups is 1. The fraction of sp³-hybridized carbons (Fsp3) is 0.385. The highest BCUT2D eigenvalue weighted by molar-refractivity contribution is 7.98. The van der Waals surface area contributed by atoms with Crippen molar-refractivity contribution in [2.45, 2.75) is 6.42 Å². The normalized spacial score (nSPS) is 9.86. The molecule has 0 heterocycles. The SMILES string of the molecule is COc1ccc(Cl)cc1C(=O)NNC(=S)NCCCSC. The molecule has 0 bridgehead atoms. The molecule has 1 amide bonds.